The number of Topliss-reactive ketones (excluding diaryl/α,β-unsaturated/α-hetero) is 1. The zero-order valence-corrected chi connectivity index (χ0v) is 36.0. The summed E-state index contributed by atoms with van der Waals surface area (Å²) < 4.78 is 28.5. The highest BCUT2D eigenvalue weighted by atomic mass is 16.5. The van der Waals surface area contributed by atoms with E-state index in [1.165, 1.54) is 12.3 Å². The average Bonchev–Trinajstić information content (AvgIpc) is 3.36. The molecule has 0 spiro atoms. The summed E-state index contributed by atoms with van der Waals surface area (Å²) in [5.41, 5.74) is -2.64. The van der Waals surface area contributed by atoms with Crippen molar-refractivity contribution in [1.82, 2.24) is 19.6 Å². The molecule has 0 aromatic carbocycles. The summed E-state index contributed by atoms with van der Waals surface area (Å²) in [6.45, 7) is 12.8. The van der Waals surface area contributed by atoms with Crippen molar-refractivity contribution in [3.63, 3.8) is 0 Å². The molecule has 2 unspecified atom stereocenters. The molecule has 0 amide bonds. The molecule has 2 saturated heterocycles. The summed E-state index contributed by atoms with van der Waals surface area (Å²) in [5.74, 6) is -0.899. The first kappa shape index (κ1) is 48.0. The van der Waals surface area contributed by atoms with Crippen molar-refractivity contribution in [3.8, 4) is 28.4 Å². The topological polar surface area (TPSA) is 217 Å². The van der Waals surface area contributed by atoms with E-state index in [1.54, 1.807) is 0 Å². The minimum atomic E-state index is -0.847. The van der Waals surface area contributed by atoms with Gasteiger partial charge in [-0.1, -0.05) is 19.9 Å². The zero-order chi connectivity index (χ0) is 44.6. The molecule has 2 atom stereocenters. The minimum Gasteiger partial charge on any atom is -0.502 e. The summed E-state index contributed by atoms with van der Waals surface area (Å²) in [4.78, 5) is 69.5. The molecule has 0 saturated carbocycles. The zero-order valence-electron chi connectivity index (χ0n) is 36.0. The fraction of sp³-hybridized carbons (Fsp3) is 0.578. The molecular weight excluding hydrogens is 805 g/mol. The Morgan fingerprint density at radius 1 is 0.774 bits per heavy atom. The number of aldehydes is 1. The van der Waals surface area contributed by atoms with Crippen molar-refractivity contribution in [2.45, 2.75) is 71.4 Å². The Morgan fingerprint density at radius 2 is 1.35 bits per heavy atom. The van der Waals surface area contributed by atoms with Gasteiger partial charge in [0.15, 0.2) is 23.6 Å². The van der Waals surface area contributed by atoms with Gasteiger partial charge in [0, 0.05) is 45.1 Å². The van der Waals surface area contributed by atoms with Gasteiger partial charge in [0.25, 0.3) is 0 Å². The van der Waals surface area contributed by atoms with E-state index in [2.05, 4.69) is 35.3 Å². The number of carbonyl (C=O) groups excluding carboxylic acids is 2. The van der Waals surface area contributed by atoms with Gasteiger partial charge in [0.2, 0.25) is 33.5 Å². The molecule has 3 aromatic heterocycles. The average molecular weight is 867 g/mol. The number of ketones is 1. The van der Waals surface area contributed by atoms with Crippen molar-refractivity contribution in [2.24, 2.45) is 11.8 Å². The summed E-state index contributed by atoms with van der Waals surface area (Å²) in [7, 11) is 2.09. The minimum absolute atomic E-state index is 0.00312. The van der Waals surface area contributed by atoms with Gasteiger partial charge < -0.3 is 42.9 Å². The molecule has 5 heterocycles. The second kappa shape index (κ2) is 24.0. The summed E-state index contributed by atoms with van der Waals surface area (Å²) in [6, 6.07) is 1.21. The highest BCUT2D eigenvalue weighted by Gasteiger charge is 2.26. The Bertz CT molecular complexity index is 2130. The van der Waals surface area contributed by atoms with Crippen LogP contribution in [0.5, 0.6) is 17.2 Å². The standard InChI is InChI=1S/C45H62N4O13/c1-4-32-8-5-12-46(3)13-7-15-47(14-6-9-33(32)24-38-43(55)37(52)11-21-60-38)26-39-44(56)41(53)35(29-61-39)36-30-62-40(45(57)42(36)54)27-49-17-16-48(18-22-58-23-19-49)25-31(2)59-20-10-34(51)28-50/h11,21,28-30,32-33,55-57H,2,4-10,12-20,22-27H2,1,3H3. The fourth-order valence-electron chi connectivity index (χ4n) is 8.21. The van der Waals surface area contributed by atoms with E-state index in [0.29, 0.717) is 82.9 Å². The normalized spacial score (nSPS) is 19.8. The van der Waals surface area contributed by atoms with Crippen molar-refractivity contribution in [1.29, 1.82) is 0 Å². The molecule has 3 aromatic rings. The molecule has 5 rings (SSSR count). The van der Waals surface area contributed by atoms with Crippen LogP contribution in [-0.2, 0) is 38.6 Å². The van der Waals surface area contributed by atoms with Gasteiger partial charge in [-0.3, -0.25) is 38.7 Å². The third-order valence-corrected chi connectivity index (χ3v) is 11.9. The first-order valence-electron chi connectivity index (χ1n) is 21.6. The number of ether oxygens (including phenoxy) is 2. The van der Waals surface area contributed by atoms with Gasteiger partial charge in [-0.05, 0) is 77.2 Å². The highest BCUT2D eigenvalue weighted by Crippen LogP contribution is 2.32. The molecule has 340 valence electrons. The van der Waals surface area contributed by atoms with Crippen molar-refractivity contribution < 1.29 is 47.6 Å². The van der Waals surface area contributed by atoms with Crippen LogP contribution in [0.2, 0.25) is 0 Å². The fourth-order valence-corrected chi connectivity index (χ4v) is 8.21. The number of rotatable bonds is 15. The maximum absolute atomic E-state index is 13.6. The molecule has 0 radical (unpaired) electrons. The Kier molecular flexibility index (Phi) is 18.5. The highest BCUT2D eigenvalue weighted by molar-refractivity contribution is 6.24. The number of aromatic hydroxyl groups is 3. The third kappa shape index (κ3) is 13.7. The third-order valence-electron chi connectivity index (χ3n) is 11.9. The molecular formula is C45H62N4O13. The second-order valence-corrected chi connectivity index (χ2v) is 16.3. The van der Waals surface area contributed by atoms with Crippen molar-refractivity contribution >= 4 is 12.1 Å². The maximum Gasteiger partial charge on any atom is 0.234 e. The summed E-state index contributed by atoms with van der Waals surface area (Å²) >= 11 is 0. The van der Waals surface area contributed by atoms with Gasteiger partial charge in [0.1, 0.15) is 24.0 Å². The van der Waals surface area contributed by atoms with E-state index < -0.39 is 33.6 Å². The van der Waals surface area contributed by atoms with E-state index >= 15 is 0 Å². The van der Waals surface area contributed by atoms with E-state index in [9.17, 15) is 39.3 Å². The van der Waals surface area contributed by atoms with Crippen LogP contribution in [0.25, 0.3) is 11.1 Å². The van der Waals surface area contributed by atoms with Crippen LogP contribution in [0, 0.1) is 11.8 Å². The van der Waals surface area contributed by atoms with Gasteiger partial charge >= 0.3 is 0 Å². The molecule has 62 heavy (non-hydrogen) atoms. The Morgan fingerprint density at radius 3 is 2.02 bits per heavy atom. The predicted molar refractivity (Wildman–Crippen MR) is 229 cm³/mol. The van der Waals surface area contributed by atoms with Crippen LogP contribution < -0.4 is 16.3 Å². The Labute approximate surface area is 361 Å². The molecule has 0 aliphatic carbocycles. The molecule has 2 fully saturated rings. The lowest BCUT2D eigenvalue weighted by Gasteiger charge is -2.28. The largest absolute Gasteiger partial charge is 0.502 e. The van der Waals surface area contributed by atoms with Crippen LogP contribution in [0.4, 0.5) is 0 Å². The maximum atomic E-state index is 13.6. The first-order valence-corrected chi connectivity index (χ1v) is 21.6. The van der Waals surface area contributed by atoms with Crippen molar-refractivity contribution in [2.75, 3.05) is 85.8 Å². The lowest BCUT2D eigenvalue weighted by molar-refractivity contribution is -0.130. The van der Waals surface area contributed by atoms with Gasteiger partial charge in [0.05, 0.1) is 56.8 Å². The molecule has 17 nitrogen and oxygen atoms in total. The van der Waals surface area contributed by atoms with Gasteiger partial charge in [-0.25, -0.2) is 0 Å². The lowest BCUT2D eigenvalue weighted by atomic mass is 9.80. The molecule has 2 aliphatic rings. The van der Waals surface area contributed by atoms with Gasteiger partial charge in [-0.15, -0.1) is 0 Å². The van der Waals surface area contributed by atoms with Crippen LogP contribution >= 0.6 is 0 Å². The molecule has 0 bridgehead atoms. The van der Waals surface area contributed by atoms with Crippen molar-refractivity contribution in [3.05, 3.63) is 85.1 Å². The molecule has 2 aliphatic heterocycles. The van der Waals surface area contributed by atoms with Crippen LogP contribution in [0.1, 0.15) is 69.2 Å². The molecule has 17 heteroatoms. The Hall–Kier alpha value is -5.07. The number of hydrogen-bond donors (Lipinski definition) is 3. The van der Waals surface area contributed by atoms with E-state index in [0.717, 1.165) is 64.1 Å². The Balaban J connectivity index is 1.25. The smallest absolute Gasteiger partial charge is 0.234 e. The second-order valence-electron chi connectivity index (χ2n) is 16.3. The van der Waals surface area contributed by atoms with E-state index in [1.807, 2.05) is 4.90 Å². The summed E-state index contributed by atoms with van der Waals surface area (Å²) in [6.07, 6.45) is 9.59. The molecule has 3 N–H and O–H groups in total. The summed E-state index contributed by atoms with van der Waals surface area (Å²) in [5, 5.41) is 32.7. The van der Waals surface area contributed by atoms with Crippen LogP contribution in [-0.4, -0.2) is 133 Å². The van der Waals surface area contributed by atoms with Gasteiger partial charge in [-0.2, -0.15) is 0 Å². The predicted octanol–water partition coefficient (Wildman–Crippen LogP) is 3.74. The van der Waals surface area contributed by atoms with E-state index in [-0.39, 0.29) is 66.7 Å². The number of nitrogens with zero attached hydrogens (tertiary/aromatic N) is 4. The monoisotopic (exact) mass is 866 g/mol. The first-order chi connectivity index (χ1) is 29.9. The lowest BCUT2D eigenvalue weighted by Crippen LogP contribution is -2.37. The van der Waals surface area contributed by atoms with E-state index in [4.69, 9.17) is 22.7 Å². The quantitative estimate of drug-likeness (QED) is 0.113. The number of carbonyl (C=O) groups is 2. The van der Waals surface area contributed by atoms with Crippen LogP contribution in [0.3, 0.4) is 0 Å². The number of hydrogen-bond acceptors (Lipinski definition) is 17. The van der Waals surface area contributed by atoms with Crippen LogP contribution in [0.15, 0.2) is 64.8 Å². The SMILES string of the molecule is C=C(CN1CCOCCN(Cc2occ(-c3coc(CN4CCCC(Cc5occc(=O)c5O)C(CC)CCCN(C)CCC4)c(O)c3=O)c(=O)c2O)CC1)OCCC(=O)C=O.